The summed E-state index contributed by atoms with van der Waals surface area (Å²) in [5.41, 5.74) is -2.49. The molecule has 2 heterocycles. The molecule has 0 amide bonds. The molecule has 0 aromatic heterocycles. The fourth-order valence-electron chi connectivity index (χ4n) is 2.51. The summed E-state index contributed by atoms with van der Waals surface area (Å²) < 4.78 is 10.2. The van der Waals surface area contributed by atoms with Gasteiger partial charge in [0.1, 0.15) is 6.10 Å². The number of ether oxygens (including phenoxy) is 2. The van der Waals surface area contributed by atoms with Crippen LogP contribution in [0.4, 0.5) is 0 Å². The molecule has 2 fully saturated rings. The van der Waals surface area contributed by atoms with Gasteiger partial charge in [0.25, 0.3) is 0 Å². The van der Waals surface area contributed by atoms with Crippen LogP contribution in [-0.2, 0) is 23.9 Å². The average molecular weight is 305 g/mol. The topological polar surface area (TPSA) is 69.7 Å². The van der Waals surface area contributed by atoms with E-state index in [0.717, 1.165) is 0 Å². The lowest BCUT2D eigenvalue weighted by molar-refractivity contribution is -0.162. The second kappa shape index (κ2) is 3.80. The third kappa shape index (κ3) is 1.69. The van der Waals surface area contributed by atoms with Crippen molar-refractivity contribution in [2.24, 2.45) is 5.41 Å². The predicted octanol–water partition coefficient (Wildman–Crippen LogP) is 0.978. The summed E-state index contributed by atoms with van der Waals surface area (Å²) in [5.74, 6) is -1.44. The van der Waals surface area contributed by atoms with Gasteiger partial charge in [0, 0.05) is 12.8 Å². The molecule has 2 rings (SSSR count). The van der Waals surface area contributed by atoms with Crippen molar-refractivity contribution in [2.45, 2.75) is 38.4 Å². The second-order valence-electron chi connectivity index (χ2n) is 4.86. The minimum absolute atomic E-state index is 0.0758. The molecule has 0 N–H and O–H groups in total. The Morgan fingerprint density at radius 3 is 2.59 bits per heavy atom. The van der Waals surface area contributed by atoms with Gasteiger partial charge >= 0.3 is 11.9 Å². The average Bonchev–Trinajstić information content (AvgIpc) is 2.66. The predicted molar refractivity (Wildman–Crippen MR) is 60.5 cm³/mol. The van der Waals surface area contributed by atoms with Crippen molar-refractivity contribution in [3.8, 4) is 0 Å². The summed E-state index contributed by atoms with van der Waals surface area (Å²) >= 11 is 3.05. The van der Waals surface area contributed by atoms with Crippen molar-refractivity contribution in [1.82, 2.24) is 0 Å². The van der Waals surface area contributed by atoms with Crippen LogP contribution < -0.4 is 0 Å². The van der Waals surface area contributed by atoms with Gasteiger partial charge in [0.2, 0.25) is 0 Å². The van der Waals surface area contributed by atoms with Gasteiger partial charge in [-0.2, -0.15) is 0 Å². The van der Waals surface area contributed by atoms with Gasteiger partial charge in [0.15, 0.2) is 16.8 Å². The highest BCUT2D eigenvalue weighted by molar-refractivity contribution is 9.09. The number of alkyl halides is 1. The SMILES string of the molecule is CC1CC2(CC(C)(C(=O)CBr)OC2=O)C(=O)O1. The highest BCUT2D eigenvalue weighted by atomic mass is 79.9. The number of carbonyl (C=O) groups is 3. The van der Waals surface area contributed by atoms with Gasteiger partial charge in [-0.05, 0) is 13.8 Å². The third-order valence-electron chi connectivity index (χ3n) is 3.39. The number of halogens is 1. The van der Waals surface area contributed by atoms with Gasteiger partial charge in [-0.3, -0.25) is 14.4 Å². The van der Waals surface area contributed by atoms with Crippen molar-refractivity contribution in [1.29, 1.82) is 0 Å². The molecule has 0 saturated carbocycles. The first-order valence-corrected chi connectivity index (χ1v) is 6.50. The third-order valence-corrected chi connectivity index (χ3v) is 3.90. The first-order chi connectivity index (χ1) is 7.84. The molecule has 0 aliphatic carbocycles. The van der Waals surface area contributed by atoms with Crippen LogP contribution in [0.5, 0.6) is 0 Å². The van der Waals surface area contributed by atoms with Gasteiger partial charge < -0.3 is 9.47 Å². The largest absolute Gasteiger partial charge is 0.462 e. The highest BCUT2D eigenvalue weighted by Gasteiger charge is 2.65. The molecule has 0 bridgehead atoms. The first-order valence-electron chi connectivity index (χ1n) is 5.38. The van der Waals surface area contributed by atoms with Crippen LogP contribution in [0.25, 0.3) is 0 Å². The van der Waals surface area contributed by atoms with Gasteiger partial charge in [-0.1, -0.05) is 15.9 Å². The van der Waals surface area contributed by atoms with Gasteiger partial charge in [-0.15, -0.1) is 0 Å². The van der Waals surface area contributed by atoms with Gasteiger partial charge in [0.05, 0.1) is 5.33 Å². The van der Waals surface area contributed by atoms with Crippen molar-refractivity contribution in [3.05, 3.63) is 0 Å². The molecule has 0 aromatic rings. The number of Topliss-reactive ketones (excluding diaryl/α,β-unsaturated/α-hetero) is 1. The second-order valence-corrected chi connectivity index (χ2v) is 5.42. The standard InChI is InChI=1S/C11H13BrO5/c1-6-3-11(8(14)16-6)5-10(2,7(13)4-12)17-9(11)15/h6H,3-5H2,1-2H3. The molecule has 0 aromatic carbocycles. The summed E-state index contributed by atoms with van der Waals surface area (Å²) in [5, 5.41) is 0.0947. The van der Waals surface area contributed by atoms with Crippen LogP contribution in [0.2, 0.25) is 0 Å². The van der Waals surface area contributed by atoms with E-state index in [1.807, 2.05) is 0 Å². The molecule has 3 unspecified atom stereocenters. The molecule has 17 heavy (non-hydrogen) atoms. The lowest BCUT2D eigenvalue weighted by Gasteiger charge is -2.19. The number of hydrogen-bond acceptors (Lipinski definition) is 5. The fourth-order valence-corrected chi connectivity index (χ4v) is 3.10. The van der Waals surface area contributed by atoms with Crippen LogP contribution >= 0.6 is 15.9 Å². The molecule has 5 nitrogen and oxygen atoms in total. The normalized spacial score (nSPS) is 40.5. The Bertz CT molecular complexity index is 407. The van der Waals surface area contributed by atoms with E-state index in [1.165, 1.54) is 0 Å². The molecule has 2 aliphatic rings. The summed E-state index contributed by atoms with van der Waals surface area (Å²) in [7, 11) is 0. The molecule has 3 atom stereocenters. The molecule has 6 heteroatoms. The number of hydrogen-bond donors (Lipinski definition) is 0. The summed E-state index contributed by atoms with van der Waals surface area (Å²) in [6.45, 7) is 3.27. The zero-order valence-corrected chi connectivity index (χ0v) is 11.2. The Balaban J connectivity index is 2.32. The molecular weight excluding hydrogens is 292 g/mol. The summed E-state index contributed by atoms with van der Waals surface area (Å²) in [6, 6.07) is 0. The maximum atomic E-state index is 11.9. The lowest BCUT2D eigenvalue weighted by atomic mass is 9.77. The maximum absolute atomic E-state index is 11.9. The van der Waals surface area contributed by atoms with Gasteiger partial charge in [-0.25, -0.2) is 0 Å². The van der Waals surface area contributed by atoms with Crippen LogP contribution in [0.3, 0.4) is 0 Å². The Hall–Kier alpha value is -0.910. The van der Waals surface area contributed by atoms with E-state index in [0.29, 0.717) is 0 Å². The quantitative estimate of drug-likeness (QED) is 0.432. The van der Waals surface area contributed by atoms with E-state index in [-0.39, 0.29) is 30.1 Å². The van der Waals surface area contributed by atoms with Crippen molar-refractivity contribution < 1.29 is 23.9 Å². The summed E-state index contributed by atoms with van der Waals surface area (Å²) in [4.78, 5) is 35.4. The molecule has 2 saturated heterocycles. The number of esters is 2. The highest BCUT2D eigenvalue weighted by Crippen LogP contribution is 2.48. The fraction of sp³-hybridized carbons (Fsp3) is 0.727. The van der Waals surface area contributed by atoms with Crippen molar-refractivity contribution in [3.63, 3.8) is 0 Å². The van der Waals surface area contributed by atoms with E-state index in [4.69, 9.17) is 9.47 Å². The van der Waals surface area contributed by atoms with E-state index in [9.17, 15) is 14.4 Å². The Morgan fingerprint density at radius 1 is 1.47 bits per heavy atom. The van der Waals surface area contributed by atoms with Crippen LogP contribution in [0.1, 0.15) is 26.7 Å². The van der Waals surface area contributed by atoms with Crippen LogP contribution in [0.15, 0.2) is 0 Å². The number of rotatable bonds is 2. The number of ketones is 1. The molecule has 94 valence electrons. The Kier molecular flexibility index (Phi) is 2.80. The first kappa shape index (κ1) is 12.5. The van der Waals surface area contributed by atoms with Crippen LogP contribution in [0, 0.1) is 5.41 Å². The lowest BCUT2D eigenvalue weighted by Crippen LogP contribution is -2.37. The van der Waals surface area contributed by atoms with E-state index < -0.39 is 23.0 Å². The summed E-state index contributed by atoms with van der Waals surface area (Å²) in [6.07, 6.45) is 0.0545. The zero-order valence-electron chi connectivity index (χ0n) is 9.62. The Morgan fingerprint density at radius 2 is 2.12 bits per heavy atom. The number of carbonyl (C=O) groups excluding carboxylic acids is 3. The Labute approximate surface area is 107 Å². The number of cyclic esters (lactones) is 2. The van der Waals surface area contributed by atoms with Crippen LogP contribution in [-0.4, -0.2) is 34.8 Å². The smallest absolute Gasteiger partial charge is 0.324 e. The van der Waals surface area contributed by atoms with E-state index in [1.54, 1.807) is 13.8 Å². The minimum atomic E-state index is -1.27. The molecule has 1 spiro atoms. The minimum Gasteiger partial charge on any atom is -0.462 e. The molecular formula is C11H13BrO5. The molecule has 2 aliphatic heterocycles. The molecule has 0 radical (unpaired) electrons. The van der Waals surface area contributed by atoms with Crippen molar-refractivity contribution in [2.75, 3.05) is 5.33 Å². The van der Waals surface area contributed by atoms with E-state index >= 15 is 0 Å². The monoisotopic (exact) mass is 304 g/mol. The van der Waals surface area contributed by atoms with Crippen molar-refractivity contribution >= 4 is 33.7 Å². The maximum Gasteiger partial charge on any atom is 0.324 e. The van der Waals surface area contributed by atoms with E-state index in [2.05, 4.69) is 15.9 Å². The zero-order chi connectivity index (χ0) is 12.8.